The molecule has 0 saturated carbocycles. The minimum Gasteiger partial charge on any atom is -0.444 e. The second-order valence-electron chi connectivity index (χ2n) is 6.45. The fourth-order valence-electron chi connectivity index (χ4n) is 2.37. The first-order valence-corrected chi connectivity index (χ1v) is 7.03. The van der Waals surface area contributed by atoms with E-state index in [0.29, 0.717) is 11.3 Å². The highest BCUT2D eigenvalue weighted by Gasteiger charge is 2.53. The van der Waals surface area contributed by atoms with Gasteiger partial charge in [0.15, 0.2) is 0 Å². The van der Waals surface area contributed by atoms with Crippen LogP contribution in [0.3, 0.4) is 0 Å². The SMILES string of the molecule is CC(=C(F)B1OC(C)(C)C(C)(C)O1)c1c(C)oc(N)c1C#N. The van der Waals surface area contributed by atoms with Gasteiger partial charge in [0, 0.05) is 5.56 Å². The topological polar surface area (TPSA) is 81.4 Å². The third kappa shape index (κ3) is 2.42. The van der Waals surface area contributed by atoms with Gasteiger partial charge in [-0.25, -0.2) is 4.39 Å². The summed E-state index contributed by atoms with van der Waals surface area (Å²) < 4.78 is 31.4. The van der Waals surface area contributed by atoms with E-state index >= 15 is 0 Å². The molecule has 0 aliphatic carbocycles. The number of allylic oxidation sites excluding steroid dienone is 1. The molecule has 0 radical (unpaired) electrons. The average molecular weight is 306 g/mol. The van der Waals surface area contributed by atoms with Crippen LogP contribution in [0.1, 0.15) is 51.5 Å². The van der Waals surface area contributed by atoms with E-state index in [4.69, 9.17) is 19.5 Å². The van der Waals surface area contributed by atoms with Crippen molar-refractivity contribution in [2.45, 2.75) is 52.7 Å². The Morgan fingerprint density at radius 2 is 1.73 bits per heavy atom. The molecule has 2 rings (SSSR count). The molecule has 1 aliphatic heterocycles. The van der Waals surface area contributed by atoms with Crippen LogP contribution >= 0.6 is 0 Å². The van der Waals surface area contributed by atoms with Gasteiger partial charge in [0.2, 0.25) is 5.88 Å². The minimum absolute atomic E-state index is 0.0175. The van der Waals surface area contributed by atoms with E-state index in [1.54, 1.807) is 13.8 Å². The van der Waals surface area contributed by atoms with Crippen LogP contribution in [-0.2, 0) is 9.31 Å². The number of rotatable bonds is 2. The number of nitrogens with zero attached hydrogens (tertiary/aromatic N) is 1. The van der Waals surface area contributed by atoms with Gasteiger partial charge in [-0.1, -0.05) is 0 Å². The molecule has 0 aromatic carbocycles. The lowest BCUT2D eigenvalue weighted by molar-refractivity contribution is 0.00578. The molecule has 22 heavy (non-hydrogen) atoms. The summed E-state index contributed by atoms with van der Waals surface area (Å²) in [6.45, 7) is 10.6. The van der Waals surface area contributed by atoms with E-state index in [0.717, 1.165) is 0 Å². The lowest BCUT2D eigenvalue weighted by Gasteiger charge is -2.32. The monoisotopic (exact) mass is 306 g/mol. The molecule has 2 N–H and O–H groups in total. The van der Waals surface area contributed by atoms with Crippen LogP contribution in [0.15, 0.2) is 10.1 Å². The maximum atomic E-state index is 14.8. The highest BCUT2D eigenvalue weighted by atomic mass is 19.1. The molecule has 7 heteroatoms. The van der Waals surface area contributed by atoms with Gasteiger partial charge in [-0.15, -0.1) is 0 Å². The number of hydrogen-bond donors (Lipinski definition) is 1. The van der Waals surface area contributed by atoms with Gasteiger partial charge in [-0.3, -0.25) is 0 Å². The van der Waals surface area contributed by atoms with Crippen molar-refractivity contribution in [2.75, 3.05) is 5.73 Å². The van der Waals surface area contributed by atoms with Crippen LogP contribution in [0, 0.1) is 18.3 Å². The van der Waals surface area contributed by atoms with Crippen LogP contribution in [0.5, 0.6) is 0 Å². The molecule has 5 nitrogen and oxygen atoms in total. The molecule has 0 bridgehead atoms. The quantitative estimate of drug-likeness (QED) is 0.847. The Bertz CT molecular complexity index is 670. The summed E-state index contributed by atoms with van der Waals surface area (Å²) in [5.74, 6) is 0.370. The predicted octanol–water partition coefficient (Wildman–Crippen LogP) is 3.37. The summed E-state index contributed by atoms with van der Waals surface area (Å²) in [6.07, 6.45) is 0. The van der Waals surface area contributed by atoms with Gasteiger partial charge in [0.05, 0.1) is 11.2 Å². The second-order valence-corrected chi connectivity index (χ2v) is 6.45. The van der Waals surface area contributed by atoms with Crippen LogP contribution < -0.4 is 5.73 Å². The molecule has 1 aromatic rings. The average Bonchev–Trinajstić information content (AvgIpc) is 2.80. The van der Waals surface area contributed by atoms with Crippen molar-refractivity contribution < 1.29 is 18.1 Å². The molecule has 0 spiro atoms. The third-order valence-corrected chi connectivity index (χ3v) is 4.42. The lowest BCUT2D eigenvalue weighted by atomic mass is 9.82. The molecule has 2 heterocycles. The Morgan fingerprint density at radius 3 is 2.18 bits per heavy atom. The largest absolute Gasteiger partial charge is 0.525 e. The van der Waals surface area contributed by atoms with E-state index in [1.165, 1.54) is 0 Å². The first-order chi connectivity index (χ1) is 10.0. The number of hydrogen-bond acceptors (Lipinski definition) is 5. The zero-order chi connectivity index (χ0) is 16.9. The number of nitrogens with two attached hydrogens (primary N) is 1. The molecular weight excluding hydrogens is 286 g/mol. The Kier molecular flexibility index (Phi) is 3.88. The predicted molar refractivity (Wildman–Crippen MR) is 82.4 cm³/mol. The van der Waals surface area contributed by atoms with Crippen molar-refractivity contribution in [3.05, 3.63) is 22.6 Å². The number of aryl methyl sites for hydroxylation is 1. The van der Waals surface area contributed by atoms with E-state index in [2.05, 4.69) is 0 Å². The van der Waals surface area contributed by atoms with Gasteiger partial charge in [-0.2, -0.15) is 5.26 Å². The van der Waals surface area contributed by atoms with Gasteiger partial charge in [-0.05, 0) is 47.1 Å². The van der Waals surface area contributed by atoms with Crippen molar-refractivity contribution in [1.82, 2.24) is 0 Å². The van der Waals surface area contributed by atoms with Gasteiger partial charge in [0.1, 0.15) is 23.1 Å². The summed E-state index contributed by atoms with van der Waals surface area (Å²) in [6, 6.07) is 1.94. The Hall–Kier alpha value is -1.78. The highest BCUT2D eigenvalue weighted by molar-refractivity contribution is 6.55. The van der Waals surface area contributed by atoms with Crippen molar-refractivity contribution in [1.29, 1.82) is 5.26 Å². The first kappa shape index (κ1) is 16.6. The fraction of sp³-hybridized carbons (Fsp3) is 0.533. The van der Waals surface area contributed by atoms with E-state index in [-0.39, 0.29) is 17.0 Å². The van der Waals surface area contributed by atoms with E-state index in [9.17, 15) is 9.65 Å². The first-order valence-electron chi connectivity index (χ1n) is 7.03. The van der Waals surface area contributed by atoms with Crippen molar-refractivity contribution in [3.63, 3.8) is 0 Å². The van der Waals surface area contributed by atoms with Crippen molar-refractivity contribution in [2.24, 2.45) is 0 Å². The Labute approximate surface area is 130 Å². The normalized spacial score (nSPS) is 20.7. The lowest BCUT2D eigenvalue weighted by Crippen LogP contribution is -2.41. The van der Waals surface area contributed by atoms with Crippen molar-refractivity contribution in [3.8, 4) is 6.07 Å². The van der Waals surface area contributed by atoms with Crippen LogP contribution in [0.4, 0.5) is 10.3 Å². The Morgan fingerprint density at radius 1 is 1.23 bits per heavy atom. The van der Waals surface area contributed by atoms with Gasteiger partial charge in [0.25, 0.3) is 0 Å². The molecule has 1 aliphatic rings. The molecule has 1 saturated heterocycles. The molecule has 0 unspecified atom stereocenters. The van der Waals surface area contributed by atoms with Crippen molar-refractivity contribution >= 4 is 18.6 Å². The van der Waals surface area contributed by atoms with E-state index < -0.39 is 24.0 Å². The minimum atomic E-state index is -1.12. The highest BCUT2D eigenvalue weighted by Crippen LogP contribution is 2.41. The Balaban J connectivity index is 2.47. The third-order valence-electron chi connectivity index (χ3n) is 4.42. The summed E-state index contributed by atoms with van der Waals surface area (Å²) >= 11 is 0. The maximum absolute atomic E-state index is 14.8. The molecule has 0 atom stereocenters. The van der Waals surface area contributed by atoms with Crippen LogP contribution in [-0.4, -0.2) is 18.3 Å². The second kappa shape index (κ2) is 5.15. The van der Waals surface area contributed by atoms with Crippen LogP contribution in [0.25, 0.3) is 5.57 Å². The molecule has 1 aromatic heterocycles. The zero-order valence-electron chi connectivity index (χ0n) is 13.7. The number of furan rings is 1. The summed E-state index contributed by atoms with van der Waals surface area (Å²) in [4.78, 5) is 0. The van der Waals surface area contributed by atoms with Gasteiger partial charge >= 0.3 is 7.12 Å². The molecule has 1 fully saturated rings. The molecular formula is C15H20BFN2O3. The maximum Gasteiger partial charge on any atom is 0.525 e. The standard InChI is InChI=1S/C15H20BFN2O3/c1-8(11-9(2)20-13(19)10(11)7-18)12(17)16-21-14(3,4)15(5,6)22-16/h19H2,1-6H3. The van der Waals surface area contributed by atoms with Gasteiger partial charge < -0.3 is 19.5 Å². The summed E-state index contributed by atoms with van der Waals surface area (Å²) in [5, 5.41) is 9.18. The summed E-state index contributed by atoms with van der Waals surface area (Å²) in [7, 11) is -1.12. The number of nitriles is 1. The molecule has 118 valence electrons. The zero-order valence-corrected chi connectivity index (χ0v) is 13.7. The summed E-state index contributed by atoms with van der Waals surface area (Å²) in [5.41, 5.74) is 4.48. The number of anilines is 1. The number of nitrogen functional groups attached to an aromatic ring is 1. The van der Waals surface area contributed by atoms with Crippen LogP contribution in [0.2, 0.25) is 0 Å². The number of halogens is 1. The smallest absolute Gasteiger partial charge is 0.444 e. The van der Waals surface area contributed by atoms with E-state index in [1.807, 2.05) is 33.8 Å². The fourth-order valence-corrected chi connectivity index (χ4v) is 2.37. The molecule has 0 amide bonds.